The van der Waals surface area contributed by atoms with Gasteiger partial charge in [0.05, 0.1) is 23.8 Å². The Morgan fingerprint density at radius 3 is 2.48 bits per heavy atom. The van der Waals surface area contributed by atoms with Crippen LogP contribution in [0.4, 0.5) is 21.7 Å². The van der Waals surface area contributed by atoms with Gasteiger partial charge in [0.25, 0.3) is 0 Å². The maximum Gasteiger partial charge on any atom is 0.156 e. The topological polar surface area (TPSA) is 89.6 Å². The minimum Gasteiger partial charge on any atom is -0.382 e. The largest absolute Gasteiger partial charge is 0.382 e. The SMILES string of the molecule is CCc1cc(Nc2c(C(C)(C)C)ccc(-c3cnc(N)cn3)c2F)ncn1. The molecule has 0 amide bonds. The average molecular weight is 366 g/mol. The van der Waals surface area contributed by atoms with Gasteiger partial charge in [0.15, 0.2) is 5.82 Å². The van der Waals surface area contributed by atoms with Crippen molar-refractivity contribution in [1.82, 2.24) is 19.9 Å². The third kappa shape index (κ3) is 4.02. The number of benzene rings is 1. The number of hydrogen-bond donors (Lipinski definition) is 2. The van der Waals surface area contributed by atoms with Gasteiger partial charge in [-0.15, -0.1) is 0 Å². The second-order valence-corrected chi connectivity index (χ2v) is 7.30. The van der Waals surface area contributed by atoms with Gasteiger partial charge < -0.3 is 11.1 Å². The van der Waals surface area contributed by atoms with E-state index >= 15 is 4.39 Å². The van der Waals surface area contributed by atoms with Crippen LogP contribution in [0, 0.1) is 5.82 Å². The Hall–Kier alpha value is -3.09. The first kappa shape index (κ1) is 18.7. The maximum absolute atomic E-state index is 15.5. The summed E-state index contributed by atoms with van der Waals surface area (Å²) in [5, 5.41) is 3.14. The lowest BCUT2D eigenvalue weighted by Crippen LogP contribution is -2.15. The van der Waals surface area contributed by atoms with Crippen molar-refractivity contribution in [2.45, 2.75) is 39.5 Å². The van der Waals surface area contributed by atoms with E-state index < -0.39 is 5.82 Å². The highest BCUT2D eigenvalue weighted by atomic mass is 19.1. The van der Waals surface area contributed by atoms with Gasteiger partial charge in [-0.05, 0) is 23.5 Å². The fraction of sp³-hybridized carbons (Fsp3) is 0.300. The molecule has 6 nitrogen and oxygen atoms in total. The van der Waals surface area contributed by atoms with Crippen molar-refractivity contribution in [2.75, 3.05) is 11.1 Å². The summed E-state index contributed by atoms with van der Waals surface area (Å²) in [6.07, 6.45) is 5.13. The summed E-state index contributed by atoms with van der Waals surface area (Å²) < 4.78 is 15.5. The fourth-order valence-electron chi connectivity index (χ4n) is 2.79. The van der Waals surface area contributed by atoms with Crippen molar-refractivity contribution in [2.24, 2.45) is 0 Å². The summed E-state index contributed by atoms with van der Waals surface area (Å²) in [4.78, 5) is 16.6. The van der Waals surface area contributed by atoms with Crippen LogP contribution in [0.15, 0.2) is 36.9 Å². The second-order valence-electron chi connectivity index (χ2n) is 7.30. The first-order chi connectivity index (χ1) is 12.8. The van der Waals surface area contributed by atoms with Crippen LogP contribution in [-0.2, 0) is 11.8 Å². The lowest BCUT2D eigenvalue weighted by Gasteiger charge is -2.25. The molecule has 0 radical (unpaired) electrons. The van der Waals surface area contributed by atoms with Crippen molar-refractivity contribution in [3.8, 4) is 11.3 Å². The van der Waals surface area contributed by atoms with E-state index in [0.29, 0.717) is 22.8 Å². The van der Waals surface area contributed by atoms with E-state index in [4.69, 9.17) is 5.73 Å². The first-order valence-electron chi connectivity index (χ1n) is 8.78. The zero-order valence-corrected chi connectivity index (χ0v) is 15.9. The molecule has 27 heavy (non-hydrogen) atoms. The van der Waals surface area contributed by atoms with Crippen LogP contribution in [-0.4, -0.2) is 19.9 Å². The van der Waals surface area contributed by atoms with Crippen LogP contribution < -0.4 is 11.1 Å². The molecule has 0 bridgehead atoms. The molecule has 2 aromatic heterocycles. The van der Waals surface area contributed by atoms with Crippen LogP contribution in [0.25, 0.3) is 11.3 Å². The molecule has 0 unspecified atom stereocenters. The summed E-state index contributed by atoms with van der Waals surface area (Å²) in [6, 6.07) is 5.45. The van der Waals surface area contributed by atoms with E-state index in [-0.39, 0.29) is 11.2 Å². The summed E-state index contributed by atoms with van der Waals surface area (Å²) >= 11 is 0. The number of anilines is 3. The third-order valence-electron chi connectivity index (χ3n) is 4.24. The van der Waals surface area contributed by atoms with Gasteiger partial charge in [-0.25, -0.2) is 19.3 Å². The highest BCUT2D eigenvalue weighted by Gasteiger charge is 2.24. The smallest absolute Gasteiger partial charge is 0.156 e. The molecule has 0 atom stereocenters. The van der Waals surface area contributed by atoms with Crippen molar-refractivity contribution in [3.05, 3.63) is 54.0 Å². The van der Waals surface area contributed by atoms with E-state index in [1.807, 2.05) is 39.8 Å². The molecule has 1 aromatic carbocycles. The number of nitrogens with two attached hydrogens (primary N) is 1. The Morgan fingerprint density at radius 1 is 1.07 bits per heavy atom. The molecule has 0 aliphatic rings. The Bertz CT molecular complexity index is 948. The molecule has 0 saturated heterocycles. The zero-order valence-electron chi connectivity index (χ0n) is 15.9. The minimum absolute atomic E-state index is 0.269. The van der Waals surface area contributed by atoms with Gasteiger partial charge in [-0.2, -0.15) is 0 Å². The van der Waals surface area contributed by atoms with E-state index in [0.717, 1.165) is 17.7 Å². The van der Waals surface area contributed by atoms with Crippen LogP contribution in [0.1, 0.15) is 39.0 Å². The Kier molecular flexibility index (Phi) is 5.03. The van der Waals surface area contributed by atoms with Crippen LogP contribution in [0.2, 0.25) is 0 Å². The Labute approximate surface area is 158 Å². The van der Waals surface area contributed by atoms with E-state index in [2.05, 4.69) is 25.3 Å². The number of halogens is 1. The van der Waals surface area contributed by atoms with Gasteiger partial charge >= 0.3 is 0 Å². The van der Waals surface area contributed by atoms with Gasteiger partial charge in [0.2, 0.25) is 0 Å². The zero-order chi connectivity index (χ0) is 19.6. The maximum atomic E-state index is 15.5. The van der Waals surface area contributed by atoms with Gasteiger partial charge in [-0.3, -0.25) is 4.98 Å². The molecule has 2 heterocycles. The molecule has 0 aliphatic carbocycles. The first-order valence-corrected chi connectivity index (χ1v) is 8.78. The molecule has 0 spiro atoms. The summed E-state index contributed by atoms with van der Waals surface area (Å²) in [5.74, 6) is 0.432. The quantitative estimate of drug-likeness (QED) is 0.717. The van der Waals surface area contributed by atoms with Gasteiger partial charge in [-0.1, -0.05) is 33.8 Å². The van der Waals surface area contributed by atoms with Crippen molar-refractivity contribution in [1.29, 1.82) is 0 Å². The second kappa shape index (κ2) is 7.26. The monoisotopic (exact) mass is 366 g/mol. The standard InChI is InChI=1S/C20H23FN6/c1-5-12-8-17(26-11-25-12)27-19-14(20(2,3)4)7-6-13(18(19)21)15-9-24-16(22)10-23-15/h6-11H,5H2,1-4H3,(H2,22,24)(H,25,26,27). The number of nitrogens with zero attached hydrogens (tertiary/aromatic N) is 4. The number of nitrogens with one attached hydrogen (secondary N) is 1. The molecule has 3 rings (SSSR count). The van der Waals surface area contributed by atoms with Gasteiger partial charge in [0, 0.05) is 17.3 Å². The van der Waals surface area contributed by atoms with E-state index in [9.17, 15) is 0 Å². The molecular weight excluding hydrogens is 343 g/mol. The van der Waals surface area contributed by atoms with Gasteiger partial charge in [0.1, 0.15) is 18.0 Å². The molecule has 3 aromatic rings. The molecule has 140 valence electrons. The number of hydrogen-bond acceptors (Lipinski definition) is 6. The number of aryl methyl sites for hydroxylation is 1. The molecule has 7 heteroatoms. The minimum atomic E-state index is -0.404. The summed E-state index contributed by atoms with van der Waals surface area (Å²) in [6.45, 7) is 8.11. The van der Waals surface area contributed by atoms with E-state index in [1.54, 1.807) is 6.07 Å². The lowest BCUT2D eigenvalue weighted by molar-refractivity contribution is 0.577. The number of aromatic nitrogens is 4. The Balaban J connectivity index is 2.13. The highest BCUT2D eigenvalue weighted by Crippen LogP contribution is 2.37. The normalized spacial score (nSPS) is 11.4. The van der Waals surface area contributed by atoms with Crippen molar-refractivity contribution >= 4 is 17.3 Å². The van der Waals surface area contributed by atoms with Crippen molar-refractivity contribution in [3.63, 3.8) is 0 Å². The van der Waals surface area contributed by atoms with Crippen molar-refractivity contribution < 1.29 is 4.39 Å². The molecule has 0 aliphatic heterocycles. The van der Waals surface area contributed by atoms with Crippen LogP contribution in [0.3, 0.4) is 0 Å². The molecule has 0 saturated carbocycles. The highest BCUT2D eigenvalue weighted by molar-refractivity contribution is 5.73. The predicted molar refractivity (Wildman–Crippen MR) is 105 cm³/mol. The van der Waals surface area contributed by atoms with Crippen LogP contribution >= 0.6 is 0 Å². The average Bonchev–Trinajstić information content (AvgIpc) is 2.63. The molecule has 0 fully saturated rings. The third-order valence-corrected chi connectivity index (χ3v) is 4.24. The summed E-state index contributed by atoms with van der Waals surface area (Å²) in [5.41, 5.74) is 8.18. The van der Waals surface area contributed by atoms with E-state index in [1.165, 1.54) is 18.7 Å². The Morgan fingerprint density at radius 2 is 1.85 bits per heavy atom. The number of rotatable bonds is 4. The summed E-state index contributed by atoms with van der Waals surface area (Å²) in [7, 11) is 0. The van der Waals surface area contributed by atoms with Crippen LogP contribution in [0.5, 0.6) is 0 Å². The predicted octanol–water partition coefficient (Wildman–Crippen LogP) is 4.26. The molecular formula is C20H23FN6. The molecule has 3 N–H and O–H groups in total. The fourth-order valence-corrected chi connectivity index (χ4v) is 2.79. The number of nitrogen functional groups attached to an aromatic ring is 1. The lowest BCUT2D eigenvalue weighted by atomic mass is 9.84.